The quantitative estimate of drug-likeness (QED) is 0.666. The third-order valence-electron chi connectivity index (χ3n) is 3.47. The maximum Gasteiger partial charge on any atom is 0.0205 e. The minimum atomic E-state index is 0.598. The SMILES string of the molecule is C=C(C(C)C)N1CCCC(C(C)C)C1. The normalized spacial score (nSPS) is 23.3. The second kappa shape index (κ2) is 4.86. The van der Waals surface area contributed by atoms with Gasteiger partial charge >= 0.3 is 0 Å². The molecule has 0 N–H and O–H groups in total. The fourth-order valence-corrected chi connectivity index (χ4v) is 2.18. The molecule has 0 aromatic carbocycles. The summed E-state index contributed by atoms with van der Waals surface area (Å²) in [4.78, 5) is 2.50. The third-order valence-corrected chi connectivity index (χ3v) is 3.47. The number of piperidine rings is 1. The van der Waals surface area contributed by atoms with E-state index in [-0.39, 0.29) is 0 Å². The standard InChI is InChI=1S/C13H25N/c1-10(2)12(5)14-8-6-7-13(9-14)11(3)4/h10-11,13H,5-9H2,1-4H3. The maximum atomic E-state index is 4.20. The molecular weight excluding hydrogens is 170 g/mol. The molecule has 82 valence electrons. The van der Waals surface area contributed by atoms with Crippen molar-refractivity contribution < 1.29 is 0 Å². The summed E-state index contributed by atoms with van der Waals surface area (Å²) < 4.78 is 0. The van der Waals surface area contributed by atoms with Gasteiger partial charge in [0.25, 0.3) is 0 Å². The van der Waals surface area contributed by atoms with Gasteiger partial charge in [-0.2, -0.15) is 0 Å². The van der Waals surface area contributed by atoms with Crippen LogP contribution in [0.4, 0.5) is 0 Å². The molecule has 0 aliphatic carbocycles. The van der Waals surface area contributed by atoms with Crippen LogP contribution < -0.4 is 0 Å². The first-order valence-electron chi connectivity index (χ1n) is 5.96. The Morgan fingerprint density at radius 2 is 1.93 bits per heavy atom. The van der Waals surface area contributed by atoms with E-state index < -0.39 is 0 Å². The van der Waals surface area contributed by atoms with Crippen LogP contribution >= 0.6 is 0 Å². The summed E-state index contributed by atoms with van der Waals surface area (Å²) in [5, 5.41) is 0. The van der Waals surface area contributed by atoms with Gasteiger partial charge in [0.05, 0.1) is 0 Å². The zero-order chi connectivity index (χ0) is 10.7. The number of likely N-dealkylation sites (tertiary alicyclic amines) is 1. The fraction of sp³-hybridized carbons (Fsp3) is 0.846. The summed E-state index contributed by atoms with van der Waals surface area (Å²) in [6.07, 6.45) is 2.74. The Morgan fingerprint density at radius 3 is 2.43 bits per heavy atom. The molecule has 1 heteroatoms. The topological polar surface area (TPSA) is 3.24 Å². The van der Waals surface area contributed by atoms with E-state index in [1.165, 1.54) is 31.6 Å². The Hall–Kier alpha value is -0.460. The van der Waals surface area contributed by atoms with Crippen LogP contribution in [0.25, 0.3) is 0 Å². The second-order valence-corrected chi connectivity index (χ2v) is 5.24. The lowest BCUT2D eigenvalue weighted by Gasteiger charge is -2.38. The van der Waals surface area contributed by atoms with Gasteiger partial charge in [-0.05, 0) is 30.6 Å². The van der Waals surface area contributed by atoms with E-state index >= 15 is 0 Å². The summed E-state index contributed by atoms with van der Waals surface area (Å²) in [6.45, 7) is 15.8. The van der Waals surface area contributed by atoms with Gasteiger partial charge in [0, 0.05) is 18.8 Å². The Bertz CT molecular complexity index is 193. The van der Waals surface area contributed by atoms with Gasteiger partial charge in [-0.15, -0.1) is 0 Å². The lowest BCUT2D eigenvalue weighted by molar-refractivity contribution is 0.169. The number of hydrogen-bond donors (Lipinski definition) is 0. The van der Waals surface area contributed by atoms with Crippen LogP contribution in [-0.4, -0.2) is 18.0 Å². The zero-order valence-electron chi connectivity index (χ0n) is 10.2. The van der Waals surface area contributed by atoms with Crippen molar-refractivity contribution in [2.45, 2.75) is 40.5 Å². The van der Waals surface area contributed by atoms with Crippen molar-refractivity contribution in [1.82, 2.24) is 4.90 Å². The maximum absolute atomic E-state index is 4.20. The molecule has 0 aromatic rings. The van der Waals surface area contributed by atoms with Crippen molar-refractivity contribution in [2.75, 3.05) is 13.1 Å². The molecule has 1 atom stereocenters. The second-order valence-electron chi connectivity index (χ2n) is 5.24. The molecule has 14 heavy (non-hydrogen) atoms. The highest BCUT2D eigenvalue weighted by Gasteiger charge is 2.23. The lowest BCUT2D eigenvalue weighted by Crippen LogP contribution is -2.37. The summed E-state index contributed by atoms with van der Waals surface area (Å²) in [5.41, 5.74) is 1.33. The Kier molecular flexibility index (Phi) is 4.03. The van der Waals surface area contributed by atoms with E-state index in [0.717, 1.165) is 11.8 Å². The number of nitrogens with zero attached hydrogens (tertiary/aromatic N) is 1. The van der Waals surface area contributed by atoms with Crippen LogP contribution in [-0.2, 0) is 0 Å². The average molecular weight is 195 g/mol. The van der Waals surface area contributed by atoms with Crippen molar-refractivity contribution >= 4 is 0 Å². The minimum absolute atomic E-state index is 0.598. The van der Waals surface area contributed by atoms with E-state index in [0.29, 0.717) is 5.92 Å². The van der Waals surface area contributed by atoms with Crippen molar-refractivity contribution in [1.29, 1.82) is 0 Å². The highest BCUT2D eigenvalue weighted by atomic mass is 15.1. The van der Waals surface area contributed by atoms with Crippen molar-refractivity contribution in [2.24, 2.45) is 17.8 Å². The van der Waals surface area contributed by atoms with Gasteiger partial charge in [-0.1, -0.05) is 34.3 Å². The molecule has 1 heterocycles. The summed E-state index contributed by atoms with van der Waals surface area (Å²) in [7, 11) is 0. The molecule has 1 saturated heterocycles. The summed E-state index contributed by atoms with van der Waals surface area (Å²) >= 11 is 0. The molecule has 0 spiro atoms. The van der Waals surface area contributed by atoms with E-state index in [2.05, 4.69) is 39.2 Å². The average Bonchev–Trinajstić information content (AvgIpc) is 2.16. The van der Waals surface area contributed by atoms with Crippen LogP contribution in [0.3, 0.4) is 0 Å². The number of allylic oxidation sites excluding steroid dienone is 1. The van der Waals surface area contributed by atoms with Crippen molar-refractivity contribution in [3.8, 4) is 0 Å². The zero-order valence-corrected chi connectivity index (χ0v) is 10.2. The van der Waals surface area contributed by atoms with Crippen LogP contribution in [0.1, 0.15) is 40.5 Å². The third kappa shape index (κ3) is 2.76. The van der Waals surface area contributed by atoms with Gasteiger partial charge in [0.1, 0.15) is 0 Å². The summed E-state index contributed by atoms with van der Waals surface area (Å²) in [6, 6.07) is 0. The summed E-state index contributed by atoms with van der Waals surface area (Å²) in [5.74, 6) is 2.29. The Morgan fingerprint density at radius 1 is 1.29 bits per heavy atom. The first-order chi connectivity index (χ1) is 6.52. The van der Waals surface area contributed by atoms with Gasteiger partial charge in [-0.3, -0.25) is 0 Å². The molecule has 0 amide bonds. The molecule has 0 saturated carbocycles. The van der Waals surface area contributed by atoms with E-state index in [1.807, 2.05) is 0 Å². The molecular formula is C13H25N. The Balaban J connectivity index is 2.51. The molecule has 1 fully saturated rings. The van der Waals surface area contributed by atoms with Gasteiger partial charge < -0.3 is 4.90 Å². The lowest BCUT2D eigenvalue weighted by atomic mass is 9.87. The van der Waals surface area contributed by atoms with E-state index in [9.17, 15) is 0 Å². The predicted octanol–water partition coefficient (Wildman–Crippen LogP) is 3.52. The van der Waals surface area contributed by atoms with E-state index in [1.54, 1.807) is 0 Å². The molecule has 1 unspecified atom stereocenters. The van der Waals surface area contributed by atoms with Crippen molar-refractivity contribution in [3.05, 3.63) is 12.3 Å². The molecule has 1 aliphatic rings. The highest BCUT2D eigenvalue weighted by molar-refractivity contribution is 4.99. The van der Waals surface area contributed by atoms with Crippen LogP contribution in [0, 0.1) is 17.8 Å². The number of hydrogen-bond acceptors (Lipinski definition) is 1. The first-order valence-corrected chi connectivity index (χ1v) is 5.96. The molecule has 1 rings (SSSR count). The van der Waals surface area contributed by atoms with Gasteiger partial charge in [-0.25, -0.2) is 0 Å². The van der Waals surface area contributed by atoms with E-state index in [4.69, 9.17) is 0 Å². The molecule has 0 aromatic heterocycles. The first kappa shape index (κ1) is 11.6. The molecule has 0 radical (unpaired) electrons. The fourth-order valence-electron chi connectivity index (χ4n) is 2.18. The number of rotatable bonds is 3. The minimum Gasteiger partial charge on any atom is -0.375 e. The molecule has 0 bridgehead atoms. The molecule has 1 nitrogen and oxygen atoms in total. The monoisotopic (exact) mass is 195 g/mol. The molecule has 1 aliphatic heterocycles. The van der Waals surface area contributed by atoms with Crippen molar-refractivity contribution in [3.63, 3.8) is 0 Å². The largest absolute Gasteiger partial charge is 0.375 e. The van der Waals surface area contributed by atoms with Crippen LogP contribution in [0.2, 0.25) is 0 Å². The van der Waals surface area contributed by atoms with Crippen LogP contribution in [0.15, 0.2) is 12.3 Å². The Labute approximate surface area is 89.2 Å². The predicted molar refractivity (Wildman–Crippen MR) is 63.1 cm³/mol. The highest BCUT2D eigenvalue weighted by Crippen LogP contribution is 2.27. The van der Waals surface area contributed by atoms with Gasteiger partial charge in [0.15, 0.2) is 0 Å². The van der Waals surface area contributed by atoms with Crippen LogP contribution in [0.5, 0.6) is 0 Å². The van der Waals surface area contributed by atoms with Gasteiger partial charge in [0.2, 0.25) is 0 Å². The smallest absolute Gasteiger partial charge is 0.0205 e.